The number of hydrogen-bond donors (Lipinski definition) is 0. The highest BCUT2D eigenvalue weighted by Crippen LogP contribution is 2.39. The van der Waals surface area contributed by atoms with E-state index < -0.39 is 0 Å². The highest BCUT2D eigenvalue weighted by Gasteiger charge is 2.16. The fourth-order valence-corrected chi connectivity index (χ4v) is 7.10. The van der Waals surface area contributed by atoms with Crippen LogP contribution in [0.25, 0.3) is 93.6 Å². The van der Waals surface area contributed by atoms with Crippen molar-refractivity contribution in [2.45, 2.75) is 0 Å². The smallest absolute Gasteiger partial charge is 0.135 e. The van der Waals surface area contributed by atoms with Crippen LogP contribution >= 0.6 is 0 Å². The summed E-state index contributed by atoms with van der Waals surface area (Å²) in [5, 5.41) is 6.84. The van der Waals surface area contributed by atoms with Gasteiger partial charge in [-0.05, 0) is 83.9 Å². The quantitative estimate of drug-likeness (QED) is 0.193. The first kappa shape index (κ1) is 25.1. The van der Waals surface area contributed by atoms with E-state index in [4.69, 9.17) is 14.4 Å². The second kappa shape index (κ2) is 9.62. The van der Waals surface area contributed by atoms with E-state index in [9.17, 15) is 0 Å². The summed E-state index contributed by atoms with van der Waals surface area (Å²) >= 11 is 0. The highest BCUT2D eigenvalue weighted by atomic mass is 16.3. The molecule has 0 spiro atoms. The summed E-state index contributed by atoms with van der Waals surface area (Å²) in [7, 11) is 0. The van der Waals surface area contributed by atoms with Gasteiger partial charge in [-0.15, -0.1) is 0 Å². The van der Waals surface area contributed by atoms with E-state index in [1.807, 2.05) is 18.3 Å². The first-order chi connectivity index (χ1) is 22.8. The number of furan rings is 1. The van der Waals surface area contributed by atoms with Crippen molar-refractivity contribution in [3.05, 3.63) is 152 Å². The molecule has 0 aliphatic heterocycles. The second-order valence-electron chi connectivity index (χ2n) is 11.8. The van der Waals surface area contributed by atoms with Crippen LogP contribution < -0.4 is 0 Å². The molecule has 0 N–H and O–H groups in total. The van der Waals surface area contributed by atoms with E-state index in [0.717, 1.165) is 66.3 Å². The van der Waals surface area contributed by atoms with Crippen LogP contribution in [0.1, 0.15) is 0 Å². The minimum atomic E-state index is 0.857. The Balaban J connectivity index is 1.15. The van der Waals surface area contributed by atoms with Gasteiger partial charge < -0.3 is 8.98 Å². The number of fused-ring (bicyclic) bond motifs is 9. The van der Waals surface area contributed by atoms with Crippen molar-refractivity contribution in [3.63, 3.8) is 0 Å². The molecule has 4 heteroatoms. The van der Waals surface area contributed by atoms with Crippen LogP contribution in [-0.2, 0) is 0 Å². The van der Waals surface area contributed by atoms with Crippen LogP contribution in [0.5, 0.6) is 0 Å². The molecule has 10 rings (SSSR count). The number of benzene rings is 6. The van der Waals surface area contributed by atoms with E-state index in [0.29, 0.717) is 0 Å². The van der Waals surface area contributed by atoms with Gasteiger partial charge in [0, 0.05) is 49.8 Å². The number of rotatable bonds is 3. The van der Waals surface area contributed by atoms with Crippen LogP contribution in [-0.4, -0.2) is 14.5 Å². The van der Waals surface area contributed by atoms with Crippen LogP contribution in [0.3, 0.4) is 0 Å². The van der Waals surface area contributed by atoms with E-state index in [-0.39, 0.29) is 0 Å². The van der Waals surface area contributed by atoms with Gasteiger partial charge in [-0.25, -0.2) is 4.98 Å². The van der Waals surface area contributed by atoms with Gasteiger partial charge in [-0.1, -0.05) is 72.8 Å². The van der Waals surface area contributed by atoms with Crippen molar-refractivity contribution in [1.29, 1.82) is 0 Å². The van der Waals surface area contributed by atoms with Gasteiger partial charge in [0.15, 0.2) is 0 Å². The normalized spacial score (nSPS) is 11.9. The molecule has 0 aliphatic rings. The first-order valence-corrected chi connectivity index (χ1v) is 15.5. The van der Waals surface area contributed by atoms with Crippen molar-refractivity contribution < 1.29 is 4.42 Å². The number of para-hydroxylation sites is 3. The van der Waals surface area contributed by atoms with Crippen molar-refractivity contribution >= 4 is 65.6 Å². The van der Waals surface area contributed by atoms with Crippen LogP contribution in [0.15, 0.2) is 156 Å². The zero-order valence-corrected chi connectivity index (χ0v) is 24.7. The Labute approximate surface area is 263 Å². The number of nitrogens with zero attached hydrogens (tertiary/aromatic N) is 3. The Morgan fingerprint density at radius 3 is 1.93 bits per heavy atom. The maximum absolute atomic E-state index is 6.33. The summed E-state index contributed by atoms with van der Waals surface area (Å²) < 4.78 is 8.68. The molecule has 10 aromatic rings. The molecule has 0 radical (unpaired) electrons. The fourth-order valence-electron chi connectivity index (χ4n) is 7.10. The Bertz CT molecular complexity index is 2810. The Kier molecular flexibility index (Phi) is 5.25. The van der Waals surface area contributed by atoms with Gasteiger partial charge >= 0.3 is 0 Å². The lowest BCUT2D eigenvalue weighted by molar-refractivity contribution is 0.669. The van der Waals surface area contributed by atoms with Crippen molar-refractivity contribution in [2.75, 3.05) is 0 Å². The molecule has 0 amide bonds. The van der Waals surface area contributed by atoms with E-state index >= 15 is 0 Å². The van der Waals surface area contributed by atoms with E-state index in [1.54, 1.807) is 0 Å². The summed E-state index contributed by atoms with van der Waals surface area (Å²) in [6.45, 7) is 0. The maximum atomic E-state index is 6.33. The van der Waals surface area contributed by atoms with E-state index in [1.165, 1.54) is 27.4 Å². The number of pyridine rings is 2. The molecule has 0 bridgehead atoms. The number of aromatic nitrogens is 3. The third-order valence-corrected chi connectivity index (χ3v) is 9.22. The highest BCUT2D eigenvalue weighted by molar-refractivity contribution is 6.13. The summed E-state index contributed by atoms with van der Waals surface area (Å²) in [6.07, 6.45) is 1.84. The molecule has 46 heavy (non-hydrogen) atoms. The number of hydrogen-bond acceptors (Lipinski definition) is 3. The molecule has 4 nitrogen and oxygen atoms in total. The molecule has 0 saturated heterocycles. The van der Waals surface area contributed by atoms with Gasteiger partial charge in [-0.3, -0.25) is 4.98 Å². The molecule has 0 atom stereocenters. The minimum absolute atomic E-state index is 0.857. The molecular weight excluding hydrogens is 562 g/mol. The molecule has 6 aromatic carbocycles. The average molecular weight is 588 g/mol. The van der Waals surface area contributed by atoms with Crippen molar-refractivity contribution in [3.8, 4) is 28.1 Å². The molecule has 0 saturated carbocycles. The van der Waals surface area contributed by atoms with Gasteiger partial charge in [0.2, 0.25) is 0 Å². The van der Waals surface area contributed by atoms with Gasteiger partial charge in [0.25, 0.3) is 0 Å². The van der Waals surface area contributed by atoms with Gasteiger partial charge in [0.1, 0.15) is 11.2 Å². The molecule has 0 aliphatic carbocycles. The zero-order valence-electron chi connectivity index (χ0n) is 24.7. The summed E-state index contributed by atoms with van der Waals surface area (Å²) in [5.74, 6) is 0. The lowest BCUT2D eigenvalue weighted by Gasteiger charge is -2.09. The van der Waals surface area contributed by atoms with Crippen LogP contribution in [0.4, 0.5) is 0 Å². The Hall–Kier alpha value is -6.26. The third-order valence-electron chi connectivity index (χ3n) is 9.22. The molecule has 0 unspecified atom stereocenters. The standard InChI is InChI=1S/C42H25N3O/c1-2-9-29(10-3-1)45-37-15-7-5-12-31(37)33-23-26(16-19-38(33)45)27-17-20-39-34(24-27)35-25-28(18-21-40(35)46-39)41-42-32(13-8-22-43-42)30-11-4-6-14-36(30)44-41/h1-25H. The maximum Gasteiger partial charge on any atom is 0.135 e. The van der Waals surface area contributed by atoms with Crippen molar-refractivity contribution in [2.24, 2.45) is 0 Å². The summed E-state index contributed by atoms with van der Waals surface area (Å²) in [5.41, 5.74) is 11.4. The van der Waals surface area contributed by atoms with Gasteiger partial charge in [-0.2, -0.15) is 0 Å². The largest absolute Gasteiger partial charge is 0.456 e. The third kappa shape index (κ3) is 3.67. The molecule has 0 fully saturated rings. The Morgan fingerprint density at radius 1 is 0.457 bits per heavy atom. The monoisotopic (exact) mass is 587 g/mol. The topological polar surface area (TPSA) is 43.9 Å². The molecule has 4 heterocycles. The molecular formula is C42H25N3O. The molecule has 214 valence electrons. The summed E-state index contributed by atoms with van der Waals surface area (Å²) in [6, 6.07) is 51.3. The van der Waals surface area contributed by atoms with Gasteiger partial charge in [0.05, 0.1) is 27.8 Å². The van der Waals surface area contributed by atoms with Crippen LogP contribution in [0.2, 0.25) is 0 Å². The predicted octanol–water partition coefficient (Wildman–Crippen LogP) is 11.1. The first-order valence-electron chi connectivity index (χ1n) is 15.5. The predicted molar refractivity (Wildman–Crippen MR) is 190 cm³/mol. The van der Waals surface area contributed by atoms with Crippen LogP contribution in [0, 0.1) is 0 Å². The second-order valence-corrected chi connectivity index (χ2v) is 11.8. The fraction of sp³-hybridized carbons (Fsp3) is 0. The minimum Gasteiger partial charge on any atom is -0.456 e. The Morgan fingerprint density at radius 2 is 1.09 bits per heavy atom. The van der Waals surface area contributed by atoms with E-state index in [2.05, 4.69) is 138 Å². The zero-order chi connectivity index (χ0) is 30.2. The summed E-state index contributed by atoms with van der Waals surface area (Å²) in [4.78, 5) is 9.86. The lowest BCUT2D eigenvalue weighted by atomic mass is 9.99. The average Bonchev–Trinajstić information content (AvgIpc) is 3.66. The lowest BCUT2D eigenvalue weighted by Crippen LogP contribution is -1.92. The van der Waals surface area contributed by atoms with Crippen molar-refractivity contribution in [1.82, 2.24) is 14.5 Å². The molecule has 4 aromatic heterocycles. The SMILES string of the molecule is c1ccc(-n2c3ccccc3c3cc(-c4ccc5oc6ccc(-c7nc8ccccc8c8cccnc78)cc6c5c4)ccc32)cc1.